The van der Waals surface area contributed by atoms with Crippen molar-refractivity contribution in [2.24, 2.45) is 20.5 Å². The summed E-state index contributed by atoms with van der Waals surface area (Å²) < 4.78 is 5.37. The number of benzene rings is 3. The van der Waals surface area contributed by atoms with Gasteiger partial charge in [0.1, 0.15) is 11.4 Å². The summed E-state index contributed by atoms with van der Waals surface area (Å²) in [6.45, 7) is 3.74. The van der Waals surface area contributed by atoms with Gasteiger partial charge in [0, 0.05) is 12.1 Å². The van der Waals surface area contributed by atoms with E-state index < -0.39 is 21.2 Å². The zero-order valence-corrected chi connectivity index (χ0v) is 17.4. The van der Waals surface area contributed by atoms with Crippen molar-refractivity contribution in [3.63, 3.8) is 0 Å². The topological polar surface area (TPSA) is 145 Å². The number of azo groups is 2. The van der Waals surface area contributed by atoms with E-state index in [-0.39, 0.29) is 5.69 Å². The third-order valence-corrected chi connectivity index (χ3v) is 4.44. The molecule has 11 heteroatoms. The third-order valence-electron chi connectivity index (χ3n) is 4.44. The molecule has 0 radical (unpaired) electrons. The highest BCUT2D eigenvalue weighted by atomic mass is 16.6. The van der Waals surface area contributed by atoms with E-state index in [4.69, 9.17) is 4.74 Å². The Morgan fingerprint density at radius 3 is 2.03 bits per heavy atom. The molecule has 32 heavy (non-hydrogen) atoms. The average molecular weight is 434 g/mol. The first-order valence-corrected chi connectivity index (χ1v) is 9.30. The van der Waals surface area contributed by atoms with Crippen LogP contribution in [0, 0.1) is 34.1 Å². The molecule has 0 N–H and O–H groups in total. The van der Waals surface area contributed by atoms with Gasteiger partial charge in [0.2, 0.25) is 0 Å². The molecule has 3 aromatic carbocycles. The number of hydrogen-bond donors (Lipinski definition) is 0. The largest absolute Gasteiger partial charge is 0.494 e. The van der Waals surface area contributed by atoms with Crippen LogP contribution in [0.1, 0.15) is 11.1 Å². The molecule has 0 amide bonds. The fourth-order valence-corrected chi connectivity index (χ4v) is 2.70. The third kappa shape index (κ3) is 5.14. The van der Waals surface area contributed by atoms with Crippen molar-refractivity contribution in [1.29, 1.82) is 0 Å². The molecule has 0 saturated carbocycles. The summed E-state index contributed by atoms with van der Waals surface area (Å²) in [6.07, 6.45) is 0. The molecular weight excluding hydrogens is 416 g/mol. The highest BCUT2D eigenvalue weighted by molar-refractivity contribution is 5.64. The lowest BCUT2D eigenvalue weighted by atomic mass is 10.1. The number of nitro benzene ring substituents is 2. The Morgan fingerprint density at radius 1 is 0.750 bits per heavy atom. The van der Waals surface area contributed by atoms with Crippen LogP contribution in [-0.4, -0.2) is 17.0 Å². The first-order valence-electron chi connectivity index (χ1n) is 9.30. The van der Waals surface area contributed by atoms with Gasteiger partial charge in [-0.25, -0.2) is 0 Å². The van der Waals surface area contributed by atoms with E-state index in [0.29, 0.717) is 28.4 Å². The Morgan fingerprint density at radius 2 is 1.41 bits per heavy atom. The Kier molecular flexibility index (Phi) is 6.59. The van der Waals surface area contributed by atoms with E-state index in [1.165, 1.54) is 13.2 Å². The van der Waals surface area contributed by atoms with Gasteiger partial charge in [-0.3, -0.25) is 20.2 Å². The van der Waals surface area contributed by atoms with Gasteiger partial charge in [-0.05, 0) is 43.7 Å². The zero-order valence-electron chi connectivity index (χ0n) is 17.4. The van der Waals surface area contributed by atoms with E-state index in [1.807, 2.05) is 31.2 Å². The van der Waals surface area contributed by atoms with Crippen molar-refractivity contribution in [2.75, 3.05) is 7.11 Å². The van der Waals surface area contributed by atoms with Crippen LogP contribution in [0.3, 0.4) is 0 Å². The van der Waals surface area contributed by atoms with Crippen LogP contribution >= 0.6 is 0 Å². The second-order valence-electron chi connectivity index (χ2n) is 6.73. The van der Waals surface area contributed by atoms with E-state index >= 15 is 0 Å². The summed E-state index contributed by atoms with van der Waals surface area (Å²) >= 11 is 0. The average Bonchev–Trinajstić information content (AvgIpc) is 2.77. The number of nitro groups is 2. The Bertz CT molecular complexity index is 1240. The highest BCUT2D eigenvalue weighted by Crippen LogP contribution is 2.38. The maximum Gasteiger partial charge on any atom is 0.303 e. The van der Waals surface area contributed by atoms with E-state index in [0.717, 1.165) is 17.7 Å². The minimum absolute atomic E-state index is 0.109. The minimum Gasteiger partial charge on any atom is -0.494 e. The van der Waals surface area contributed by atoms with Gasteiger partial charge in [0.15, 0.2) is 5.69 Å². The van der Waals surface area contributed by atoms with Crippen LogP contribution in [0.2, 0.25) is 0 Å². The first kappa shape index (κ1) is 22.2. The number of hydrogen-bond acceptors (Lipinski definition) is 9. The molecule has 0 aromatic heterocycles. The summed E-state index contributed by atoms with van der Waals surface area (Å²) in [7, 11) is 1.47. The van der Waals surface area contributed by atoms with Crippen LogP contribution in [0.25, 0.3) is 0 Å². The number of methoxy groups -OCH3 is 1. The number of aryl methyl sites for hydroxylation is 2. The predicted octanol–water partition coefficient (Wildman–Crippen LogP) is 6.96. The maximum atomic E-state index is 11.3. The summed E-state index contributed by atoms with van der Waals surface area (Å²) in [6, 6.07) is 14.0. The molecule has 0 heterocycles. The lowest BCUT2D eigenvalue weighted by Crippen LogP contribution is -1.92. The molecule has 0 aliphatic rings. The van der Waals surface area contributed by atoms with Crippen LogP contribution in [-0.2, 0) is 0 Å². The van der Waals surface area contributed by atoms with Crippen molar-refractivity contribution in [3.8, 4) is 5.75 Å². The smallest absolute Gasteiger partial charge is 0.303 e. The van der Waals surface area contributed by atoms with Gasteiger partial charge in [-0.2, -0.15) is 5.11 Å². The van der Waals surface area contributed by atoms with E-state index in [1.54, 1.807) is 19.1 Å². The monoisotopic (exact) mass is 434 g/mol. The van der Waals surface area contributed by atoms with Crippen LogP contribution in [0.4, 0.5) is 34.1 Å². The molecular formula is C21H18N6O5. The molecule has 162 valence electrons. The van der Waals surface area contributed by atoms with Gasteiger partial charge in [0.25, 0.3) is 5.69 Å². The highest BCUT2D eigenvalue weighted by Gasteiger charge is 2.19. The van der Waals surface area contributed by atoms with Crippen molar-refractivity contribution >= 4 is 34.1 Å². The van der Waals surface area contributed by atoms with Crippen LogP contribution in [0.15, 0.2) is 75.1 Å². The first-order chi connectivity index (χ1) is 15.3. The summed E-state index contributed by atoms with van der Waals surface area (Å²) in [5.74, 6) is 0.388. The molecule has 0 atom stereocenters. The second-order valence-corrected chi connectivity index (χ2v) is 6.73. The van der Waals surface area contributed by atoms with Gasteiger partial charge in [-0.15, -0.1) is 15.3 Å². The van der Waals surface area contributed by atoms with Gasteiger partial charge in [-0.1, -0.05) is 17.7 Å². The fourth-order valence-electron chi connectivity index (χ4n) is 2.70. The predicted molar refractivity (Wildman–Crippen MR) is 117 cm³/mol. The quantitative estimate of drug-likeness (QED) is 0.224. The molecule has 0 spiro atoms. The number of nitrogens with zero attached hydrogens (tertiary/aromatic N) is 6. The van der Waals surface area contributed by atoms with Gasteiger partial charge in [0.05, 0.1) is 34.4 Å². The van der Waals surface area contributed by atoms with Gasteiger partial charge < -0.3 is 4.74 Å². The number of non-ortho nitro benzene ring substituents is 1. The Hall–Kier alpha value is -4.54. The molecule has 0 unspecified atom stereocenters. The lowest BCUT2D eigenvalue weighted by Gasteiger charge is -2.07. The van der Waals surface area contributed by atoms with E-state index in [9.17, 15) is 20.2 Å². The molecule has 11 nitrogen and oxygen atoms in total. The Labute approximate surface area is 182 Å². The maximum absolute atomic E-state index is 11.3. The second kappa shape index (κ2) is 9.51. The van der Waals surface area contributed by atoms with Gasteiger partial charge >= 0.3 is 5.69 Å². The van der Waals surface area contributed by atoms with Crippen molar-refractivity contribution in [3.05, 3.63) is 86.0 Å². The standard InChI is InChI=1S/C21H18N6O5/c1-13-4-6-15(7-5-13)22-25-19-10-14(2)18(12-21(19)32-3)24-23-17-9-8-16(26(28)29)11-20(17)27(30)31/h4-12H,1-3H3/b24-23+,25-22+. The SMILES string of the molecule is COc1cc(/N=N/c2ccc([N+](=O)[O-])cc2[N+](=O)[O-])c(C)cc1/N=N/c1ccc(C)cc1. The molecule has 0 aliphatic carbocycles. The summed E-state index contributed by atoms with van der Waals surface area (Å²) in [4.78, 5) is 20.7. The minimum atomic E-state index is -0.747. The number of ether oxygens (including phenoxy) is 1. The van der Waals surface area contributed by atoms with Crippen molar-refractivity contribution < 1.29 is 14.6 Å². The molecule has 0 fully saturated rings. The normalized spacial score (nSPS) is 11.2. The molecule has 0 bridgehead atoms. The molecule has 0 saturated heterocycles. The number of rotatable bonds is 7. The molecule has 0 aliphatic heterocycles. The molecule has 3 aromatic rings. The summed E-state index contributed by atoms with van der Waals surface area (Å²) in [5.41, 5.74) is 2.31. The Balaban J connectivity index is 1.93. The zero-order chi connectivity index (χ0) is 23.3. The fraction of sp³-hybridized carbons (Fsp3) is 0.143. The lowest BCUT2D eigenvalue weighted by molar-refractivity contribution is -0.393. The van der Waals surface area contributed by atoms with Crippen molar-refractivity contribution in [1.82, 2.24) is 0 Å². The van der Waals surface area contributed by atoms with Crippen molar-refractivity contribution in [2.45, 2.75) is 13.8 Å². The van der Waals surface area contributed by atoms with E-state index in [2.05, 4.69) is 20.5 Å². The van der Waals surface area contributed by atoms with Crippen LogP contribution in [0.5, 0.6) is 5.75 Å². The van der Waals surface area contributed by atoms with Crippen LogP contribution < -0.4 is 4.74 Å². The molecule has 3 rings (SSSR count). The summed E-state index contributed by atoms with van der Waals surface area (Å²) in [5, 5.41) is 38.6.